The molecule has 5 heteroatoms. The number of hydrogen-bond acceptors (Lipinski definition) is 2. The fourth-order valence-electron chi connectivity index (χ4n) is 1.49. The van der Waals surface area contributed by atoms with Crippen molar-refractivity contribution in [2.24, 2.45) is 0 Å². The molecule has 1 aromatic heterocycles. The minimum atomic E-state index is -0.904. The predicted molar refractivity (Wildman–Crippen MR) is 64.4 cm³/mol. The molecule has 1 atom stereocenters. The summed E-state index contributed by atoms with van der Waals surface area (Å²) in [5, 5.41) is 12.2. The molecule has 2 aromatic rings. The van der Waals surface area contributed by atoms with E-state index >= 15 is 0 Å². The molecule has 0 amide bonds. The molecule has 0 aliphatic carbocycles. The minimum absolute atomic E-state index is 0.230. The predicted octanol–water partition coefficient (Wildman–Crippen LogP) is 3.96. The Hall–Kier alpha value is -0.970. The van der Waals surface area contributed by atoms with Gasteiger partial charge in [0.05, 0.1) is 11.1 Å². The van der Waals surface area contributed by atoms with Crippen LogP contribution in [0.25, 0.3) is 0 Å². The van der Waals surface area contributed by atoms with Gasteiger partial charge in [0, 0.05) is 16.7 Å². The molecule has 0 aliphatic heterocycles. The van der Waals surface area contributed by atoms with Gasteiger partial charge in [-0.05, 0) is 23.8 Å². The molecular formula is C12H9ClF2OS. The van der Waals surface area contributed by atoms with Crippen LogP contribution in [0.3, 0.4) is 0 Å². The Labute approximate surface area is 106 Å². The number of halogens is 3. The zero-order valence-corrected chi connectivity index (χ0v) is 10.2. The Balaban J connectivity index is 2.12. The normalized spacial score (nSPS) is 12.7. The first kappa shape index (κ1) is 12.5. The van der Waals surface area contributed by atoms with E-state index in [1.807, 2.05) is 0 Å². The molecule has 1 heterocycles. The molecule has 0 fully saturated rings. The largest absolute Gasteiger partial charge is 0.387 e. The van der Waals surface area contributed by atoms with Gasteiger partial charge in [0.15, 0.2) is 11.6 Å². The Morgan fingerprint density at radius 3 is 2.59 bits per heavy atom. The monoisotopic (exact) mass is 274 g/mol. The topological polar surface area (TPSA) is 20.2 Å². The molecule has 17 heavy (non-hydrogen) atoms. The number of hydrogen-bond donors (Lipinski definition) is 1. The molecule has 0 spiro atoms. The molecule has 1 aromatic carbocycles. The van der Waals surface area contributed by atoms with Crippen LogP contribution in [0.1, 0.15) is 16.5 Å². The van der Waals surface area contributed by atoms with Crippen LogP contribution in [-0.4, -0.2) is 5.11 Å². The molecule has 0 aliphatic rings. The molecule has 1 N–H and O–H groups in total. The number of rotatable bonds is 3. The molecular weight excluding hydrogens is 266 g/mol. The lowest BCUT2D eigenvalue weighted by Gasteiger charge is -2.08. The van der Waals surface area contributed by atoms with E-state index < -0.39 is 17.7 Å². The minimum Gasteiger partial charge on any atom is -0.387 e. The van der Waals surface area contributed by atoms with Crippen molar-refractivity contribution in [2.75, 3.05) is 0 Å². The summed E-state index contributed by atoms with van der Waals surface area (Å²) >= 11 is 7.08. The van der Waals surface area contributed by atoms with Gasteiger partial charge in [-0.25, -0.2) is 8.78 Å². The van der Waals surface area contributed by atoms with E-state index in [4.69, 9.17) is 11.6 Å². The van der Waals surface area contributed by atoms with Crippen LogP contribution >= 0.6 is 22.9 Å². The Bertz CT molecular complexity index is 527. The number of aliphatic hydroxyl groups excluding tert-OH is 1. The number of benzene rings is 1. The molecule has 1 nitrogen and oxygen atoms in total. The number of aliphatic hydroxyl groups is 1. The summed E-state index contributed by atoms with van der Waals surface area (Å²) < 4.78 is 25.7. The third kappa shape index (κ3) is 3.03. The lowest BCUT2D eigenvalue weighted by Crippen LogP contribution is -2.00. The van der Waals surface area contributed by atoms with Gasteiger partial charge in [-0.3, -0.25) is 0 Å². The van der Waals surface area contributed by atoms with E-state index in [1.165, 1.54) is 17.4 Å². The van der Waals surface area contributed by atoms with Crippen molar-refractivity contribution in [3.05, 3.63) is 56.7 Å². The van der Waals surface area contributed by atoms with Crippen LogP contribution in [0.15, 0.2) is 29.6 Å². The SMILES string of the molecule is OC(Cc1ccc(F)c(F)c1)c1cc(Cl)cs1. The van der Waals surface area contributed by atoms with Crippen LogP contribution in [0.5, 0.6) is 0 Å². The zero-order valence-electron chi connectivity index (χ0n) is 8.66. The lowest BCUT2D eigenvalue weighted by molar-refractivity contribution is 0.182. The maximum Gasteiger partial charge on any atom is 0.159 e. The Kier molecular flexibility index (Phi) is 3.76. The van der Waals surface area contributed by atoms with E-state index in [9.17, 15) is 13.9 Å². The summed E-state index contributed by atoms with van der Waals surface area (Å²) in [5.74, 6) is -1.79. The summed E-state index contributed by atoms with van der Waals surface area (Å²) in [6, 6.07) is 5.26. The van der Waals surface area contributed by atoms with Crippen molar-refractivity contribution < 1.29 is 13.9 Å². The second-order valence-electron chi connectivity index (χ2n) is 3.64. The van der Waals surface area contributed by atoms with Gasteiger partial charge in [-0.1, -0.05) is 17.7 Å². The standard InChI is InChI=1S/C12H9ClF2OS/c13-8-5-12(17-6-8)11(16)4-7-1-2-9(14)10(15)3-7/h1-3,5-6,11,16H,4H2. The van der Waals surface area contributed by atoms with Crippen molar-refractivity contribution in [1.82, 2.24) is 0 Å². The highest BCUT2D eigenvalue weighted by molar-refractivity contribution is 7.10. The summed E-state index contributed by atoms with van der Waals surface area (Å²) in [6.07, 6.45) is -0.522. The van der Waals surface area contributed by atoms with Crippen molar-refractivity contribution in [3.63, 3.8) is 0 Å². The Morgan fingerprint density at radius 1 is 1.24 bits per heavy atom. The van der Waals surface area contributed by atoms with E-state index in [0.29, 0.717) is 15.5 Å². The summed E-state index contributed by atoms with van der Waals surface area (Å²) in [4.78, 5) is 0.708. The fourth-order valence-corrected chi connectivity index (χ4v) is 2.56. The first-order chi connectivity index (χ1) is 8.06. The molecule has 0 radical (unpaired) electrons. The maximum absolute atomic E-state index is 13.0. The first-order valence-electron chi connectivity index (χ1n) is 4.92. The van der Waals surface area contributed by atoms with E-state index in [1.54, 1.807) is 11.4 Å². The van der Waals surface area contributed by atoms with Gasteiger partial charge < -0.3 is 5.11 Å². The third-order valence-electron chi connectivity index (χ3n) is 2.33. The maximum atomic E-state index is 13.0. The summed E-state index contributed by atoms with van der Waals surface area (Å²) in [7, 11) is 0. The molecule has 0 bridgehead atoms. The highest BCUT2D eigenvalue weighted by atomic mass is 35.5. The average Bonchev–Trinajstić information content (AvgIpc) is 2.70. The average molecular weight is 275 g/mol. The third-order valence-corrected chi connectivity index (χ3v) is 3.71. The lowest BCUT2D eigenvalue weighted by atomic mass is 10.1. The van der Waals surface area contributed by atoms with Crippen LogP contribution in [0, 0.1) is 11.6 Å². The first-order valence-corrected chi connectivity index (χ1v) is 6.18. The van der Waals surface area contributed by atoms with E-state index in [2.05, 4.69) is 0 Å². The van der Waals surface area contributed by atoms with Gasteiger partial charge in [-0.15, -0.1) is 11.3 Å². The molecule has 0 saturated carbocycles. The van der Waals surface area contributed by atoms with Crippen LogP contribution in [0.2, 0.25) is 5.02 Å². The molecule has 0 saturated heterocycles. The van der Waals surface area contributed by atoms with Crippen LogP contribution in [0.4, 0.5) is 8.78 Å². The van der Waals surface area contributed by atoms with Crippen molar-refractivity contribution in [1.29, 1.82) is 0 Å². The Morgan fingerprint density at radius 2 is 2.00 bits per heavy atom. The van der Waals surface area contributed by atoms with E-state index in [-0.39, 0.29) is 6.42 Å². The van der Waals surface area contributed by atoms with Gasteiger partial charge in [0.25, 0.3) is 0 Å². The second kappa shape index (κ2) is 5.12. The zero-order chi connectivity index (χ0) is 12.4. The molecule has 1 unspecified atom stereocenters. The van der Waals surface area contributed by atoms with Crippen LogP contribution in [-0.2, 0) is 6.42 Å². The molecule has 90 valence electrons. The van der Waals surface area contributed by atoms with Gasteiger partial charge in [-0.2, -0.15) is 0 Å². The summed E-state index contributed by atoms with van der Waals surface area (Å²) in [6.45, 7) is 0. The number of thiophene rings is 1. The van der Waals surface area contributed by atoms with Gasteiger partial charge in [0.2, 0.25) is 0 Å². The van der Waals surface area contributed by atoms with Crippen molar-refractivity contribution >= 4 is 22.9 Å². The van der Waals surface area contributed by atoms with Crippen molar-refractivity contribution in [2.45, 2.75) is 12.5 Å². The second-order valence-corrected chi connectivity index (χ2v) is 5.01. The van der Waals surface area contributed by atoms with Gasteiger partial charge >= 0.3 is 0 Å². The van der Waals surface area contributed by atoms with Gasteiger partial charge in [0.1, 0.15) is 0 Å². The van der Waals surface area contributed by atoms with Crippen molar-refractivity contribution in [3.8, 4) is 0 Å². The fraction of sp³-hybridized carbons (Fsp3) is 0.167. The molecule has 2 rings (SSSR count). The highest BCUT2D eigenvalue weighted by Crippen LogP contribution is 2.27. The van der Waals surface area contributed by atoms with Crippen LogP contribution < -0.4 is 0 Å². The highest BCUT2D eigenvalue weighted by Gasteiger charge is 2.12. The van der Waals surface area contributed by atoms with E-state index in [0.717, 1.165) is 12.1 Å². The quantitative estimate of drug-likeness (QED) is 0.898. The summed E-state index contributed by atoms with van der Waals surface area (Å²) in [5.41, 5.74) is 0.543. The smallest absolute Gasteiger partial charge is 0.159 e.